The fourth-order valence-corrected chi connectivity index (χ4v) is 3.88. The number of carbonyl (C=O) groups is 1. The first-order valence-electron chi connectivity index (χ1n) is 9.28. The quantitative estimate of drug-likeness (QED) is 0.338. The number of nitrogens with one attached hydrogen (secondary N) is 1. The molecule has 2 unspecified atom stereocenters. The molecule has 0 aliphatic rings. The smallest absolute Gasteiger partial charge is 0.269 e. The van der Waals surface area contributed by atoms with Crippen LogP contribution in [0.2, 0.25) is 0 Å². The molecule has 0 aliphatic carbocycles. The van der Waals surface area contributed by atoms with Crippen molar-refractivity contribution in [3.8, 4) is 5.69 Å². The maximum atomic E-state index is 13.2. The highest BCUT2D eigenvalue weighted by atomic mass is 32.2. The lowest BCUT2D eigenvalue weighted by Gasteiger charge is -2.17. The van der Waals surface area contributed by atoms with E-state index in [0.717, 1.165) is 21.8 Å². The van der Waals surface area contributed by atoms with Gasteiger partial charge in [-0.25, -0.2) is 9.07 Å². The molecule has 0 bridgehead atoms. The van der Waals surface area contributed by atoms with Crippen LogP contribution in [0.1, 0.15) is 31.1 Å². The summed E-state index contributed by atoms with van der Waals surface area (Å²) in [5.74, 6) is -0.469. The third-order valence-corrected chi connectivity index (χ3v) is 5.79. The number of nitro benzene ring substituents is 1. The van der Waals surface area contributed by atoms with Crippen molar-refractivity contribution >= 4 is 23.4 Å². The molecule has 30 heavy (non-hydrogen) atoms. The summed E-state index contributed by atoms with van der Waals surface area (Å²) in [5, 5.41) is 17.7. The number of nitrogens with zero attached hydrogens (tertiary/aromatic N) is 3. The lowest BCUT2D eigenvalue weighted by molar-refractivity contribution is -0.384. The number of nitro groups is 1. The molecule has 3 aromatic rings. The fraction of sp³-hybridized carbons (Fsp3) is 0.238. The van der Waals surface area contributed by atoms with Gasteiger partial charge in [0.15, 0.2) is 0 Å². The first-order valence-corrected chi connectivity index (χ1v) is 10.2. The van der Waals surface area contributed by atoms with E-state index in [1.165, 1.54) is 36.0 Å². The molecular weight excluding hydrogens is 407 g/mol. The Kier molecular flexibility index (Phi) is 6.51. The van der Waals surface area contributed by atoms with Gasteiger partial charge in [0.1, 0.15) is 5.82 Å². The highest BCUT2D eigenvalue weighted by Crippen LogP contribution is 2.26. The van der Waals surface area contributed by atoms with Crippen LogP contribution < -0.4 is 5.32 Å². The zero-order valence-corrected chi connectivity index (χ0v) is 17.5. The van der Waals surface area contributed by atoms with Gasteiger partial charge in [-0.2, -0.15) is 5.10 Å². The third-order valence-electron chi connectivity index (χ3n) is 4.67. The van der Waals surface area contributed by atoms with Gasteiger partial charge in [-0.05, 0) is 57.2 Å². The third kappa shape index (κ3) is 4.85. The normalized spacial score (nSPS) is 12.9. The van der Waals surface area contributed by atoms with Crippen LogP contribution in [0.5, 0.6) is 0 Å². The Bertz CT molecular complexity index is 1050. The number of aromatic nitrogens is 2. The molecule has 1 aromatic heterocycles. The minimum absolute atomic E-state index is 0.0127. The van der Waals surface area contributed by atoms with Gasteiger partial charge in [0.05, 0.1) is 28.1 Å². The van der Waals surface area contributed by atoms with Crippen molar-refractivity contribution in [3.63, 3.8) is 0 Å². The van der Waals surface area contributed by atoms with Crippen LogP contribution >= 0.6 is 11.8 Å². The van der Waals surface area contributed by atoms with Crippen LogP contribution in [-0.2, 0) is 4.79 Å². The van der Waals surface area contributed by atoms with Crippen molar-refractivity contribution in [2.75, 3.05) is 0 Å². The summed E-state index contributed by atoms with van der Waals surface area (Å²) in [7, 11) is 0. The van der Waals surface area contributed by atoms with E-state index >= 15 is 0 Å². The highest BCUT2D eigenvalue weighted by molar-refractivity contribution is 8.00. The standard InChI is InChI=1S/C21H21FN4O3S/c1-13(20-12-23-25(14(20)2)17-6-4-16(22)5-7-17)24-21(27)15(3)30-19-10-8-18(9-11-19)26(28)29/h4-13,15H,1-3H3,(H,24,27). The molecule has 3 rings (SSSR count). The molecular formula is C21H21FN4O3S. The number of non-ortho nitro benzene ring substituents is 1. The first kappa shape index (κ1) is 21.5. The Balaban J connectivity index is 1.65. The monoisotopic (exact) mass is 428 g/mol. The van der Waals surface area contributed by atoms with Crippen molar-refractivity contribution < 1.29 is 14.1 Å². The molecule has 1 amide bonds. The molecule has 0 saturated heterocycles. The Morgan fingerprint density at radius 1 is 1.17 bits per heavy atom. The number of hydrogen-bond donors (Lipinski definition) is 1. The topological polar surface area (TPSA) is 90.1 Å². The van der Waals surface area contributed by atoms with Crippen molar-refractivity contribution in [2.45, 2.75) is 37.0 Å². The van der Waals surface area contributed by atoms with E-state index < -0.39 is 4.92 Å². The molecule has 9 heteroatoms. The van der Waals surface area contributed by atoms with Gasteiger partial charge in [-0.3, -0.25) is 14.9 Å². The van der Waals surface area contributed by atoms with E-state index in [4.69, 9.17) is 0 Å². The van der Waals surface area contributed by atoms with Gasteiger partial charge in [0, 0.05) is 28.3 Å². The van der Waals surface area contributed by atoms with Crippen LogP contribution in [0, 0.1) is 22.9 Å². The fourth-order valence-electron chi connectivity index (χ4n) is 3.00. The predicted molar refractivity (Wildman–Crippen MR) is 113 cm³/mol. The van der Waals surface area contributed by atoms with E-state index in [2.05, 4.69) is 10.4 Å². The molecule has 2 atom stereocenters. The molecule has 1 N–H and O–H groups in total. The second-order valence-corrected chi connectivity index (χ2v) is 8.23. The summed E-state index contributed by atoms with van der Waals surface area (Å²) in [4.78, 5) is 23.7. The molecule has 0 saturated carbocycles. The largest absolute Gasteiger partial charge is 0.348 e. The summed E-state index contributed by atoms with van der Waals surface area (Å²) in [6.07, 6.45) is 1.69. The number of thioether (sulfide) groups is 1. The maximum Gasteiger partial charge on any atom is 0.269 e. The lowest BCUT2D eigenvalue weighted by atomic mass is 10.1. The minimum atomic E-state index is -0.458. The van der Waals surface area contributed by atoms with Gasteiger partial charge in [0.25, 0.3) is 5.69 Å². The SMILES string of the molecule is Cc1c(C(C)NC(=O)C(C)Sc2ccc([N+](=O)[O-])cc2)cnn1-c1ccc(F)cc1. The van der Waals surface area contributed by atoms with Crippen molar-refractivity contribution in [1.82, 2.24) is 15.1 Å². The lowest BCUT2D eigenvalue weighted by Crippen LogP contribution is -2.33. The summed E-state index contributed by atoms with van der Waals surface area (Å²) < 4.78 is 14.9. The molecule has 1 heterocycles. The number of hydrogen-bond acceptors (Lipinski definition) is 5. The summed E-state index contributed by atoms with van der Waals surface area (Å²) in [6.45, 7) is 5.55. The zero-order valence-electron chi connectivity index (χ0n) is 16.7. The predicted octanol–water partition coefficient (Wildman–Crippen LogP) is 4.59. The Morgan fingerprint density at radius 2 is 1.80 bits per heavy atom. The van der Waals surface area contributed by atoms with Crippen molar-refractivity contribution in [3.05, 3.63) is 81.9 Å². The van der Waals surface area contributed by atoms with Crippen LogP contribution in [0.15, 0.2) is 59.6 Å². The number of halogens is 1. The molecule has 156 valence electrons. The molecule has 0 spiro atoms. The van der Waals surface area contributed by atoms with Crippen LogP contribution in [-0.4, -0.2) is 25.9 Å². The number of carbonyl (C=O) groups excluding carboxylic acids is 1. The summed E-state index contributed by atoms with van der Waals surface area (Å²) in [6, 6.07) is 11.9. The Labute approximate surface area is 177 Å². The van der Waals surface area contributed by atoms with Gasteiger partial charge < -0.3 is 5.32 Å². The Morgan fingerprint density at radius 3 is 2.40 bits per heavy atom. The molecule has 2 aromatic carbocycles. The zero-order chi connectivity index (χ0) is 21.8. The van der Waals surface area contributed by atoms with Crippen LogP contribution in [0.4, 0.5) is 10.1 Å². The van der Waals surface area contributed by atoms with Gasteiger partial charge in [-0.15, -0.1) is 11.8 Å². The van der Waals surface area contributed by atoms with Crippen LogP contribution in [0.3, 0.4) is 0 Å². The molecule has 0 radical (unpaired) electrons. The van der Waals surface area contributed by atoms with Crippen molar-refractivity contribution in [1.29, 1.82) is 0 Å². The molecule has 7 nitrogen and oxygen atoms in total. The molecule has 0 aliphatic heterocycles. The second-order valence-electron chi connectivity index (χ2n) is 6.81. The highest BCUT2D eigenvalue weighted by Gasteiger charge is 2.20. The van der Waals surface area contributed by atoms with E-state index in [1.807, 2.05) is 13.8 Å². The van der Waals surface area contributed by atoms with Gasteiger partial charge >= 0.3 is 0 Å². The van der Waals surface area contributed by atoms with E-state index in [1.54, 1.807) is 42.1 Å². The average Bonchev–Trinajstić information content (AvgIpc) is 3.10. The maximum absolute atomic E-state index is 13.2. The van der Waals surface area contributed by atoms with E-state index in [9.17, 15) is 19.3 Å². The first-order chi connectivity index (χ1) is 14.3. The Hall–Kier alpha value is -3.20. The number of rotatable bonds is 7. The average molecular weight is 428 g/mol. The van der Waals surface area contributed by atoms with Crippen molar-refractivity contribution in [2.24, 2.45) is 0 Å². The number of benzene rings is 2. The summed E-state index contributed by atoms with van der Waals surface area (Å²) >= 11 is 1.33. The van der Waals surface area contributed by atoms with E-state index in [0.29, 0.717) is 0 Å². The number of amides is 1. The van der Waals surface area contributed by atoms with Gasteiger partial charge in [-0.1, -0.05) is 0 Å². The summed E-state index contributed by atoms with van der Waals surface area (Å²) in [5.41, 5.74) is 2.46. The minimum Gasteiger partial charge on any atom is -0.348 e. The second kappa shape index (κ2) is 9.08. The van der Waals surface area contributed by atoms with Gasteiger partial charge in [0.2, 0.25) is 5.91 Å². The molecule has 0 fully saturated rings. The van der Waals surface area contributed by atoms with E-state index in [-0.39, 0.29) is 28.7 Å². The van der Waals surface area contributed by atoms with Crippen LogP contribution in [0.25, 0.3) is 5.69 Å².